The molecule has 0 bridgehead atoms. The van der Waals surface area contributed by atoms with Crippen molar-refractivity contribution in [2.75, 3.05) is 76.3 Å². The minimum Gasteiger partial charge on any atom is -0.454 e. The third-order valence-corrected chi connectivity index (χ3v) is 35.0. The van der Waals surface area contributed by atoms with E-state index in [1.165, 1.54) is 52.4 Å². The quantitative estimate of drug-likeness (QED) is 0.0126. The molecule has 0 saturated carbocycles. The summed E-state index contributed by atoms with van der Waals surface area (Å²) < 4.78 is 73.9. The van der Waals surface area contributed by atoms with Gasteiger partial charge in [-0.05, 0) is 220 Å². The molecule has 38 nitrogen and oxygen atoms in total. The van der Waals surface area contributed by atoms with Crippen molar-refractivity contribution in [3.05, 3.63) is 84.6 Å². The molecule has 9 N–H and O–H groups in total. The van der Waals surface area contributed by atoms with Gasteiger partial charge in [-0.1, -0.05) is 49.1 Å². The minimum atomic E-state index is -2.55. The van der Waals surface area contributed by atoms with Crippen LogP contribution in [-0.2, 0) is 40.4 Å². The Morgan fingerprint density at radius 3 is 0.971 bits per heavy atom. The van der Waals surface area contributed by atoms with Crippen molar-refractivity contribution in [3.8, 4) is 46.0 Å². The Morgan fingerprint density at radius 1 is 0.412 bits per heavy atom. The first-order valence-electron chi connectivity index (χ1n) is 44.4. The van der Waals surface area contributed by atoms with E-state index in [2.05, 4.69) is 163 Å². The van der Waals surface area contributed by atoms with Crippen LogP contribution in [0.25, 0.3) is 44.7 Å². The molecule has 0 radical (unpaired) electrons. The zero-order valence-electron chi connectivity index (χ0n) is 79.8. The number of hydrogen-bond donors (Lipinski definition) is 5. The van der Waals surface area contributed by atoms with E-state index in [1.807, 2.05) is 149 Å². The number of amides is 3. The summed E-state index contributed by atoms with van der Waals surface area (Å²) >= 11 is 10.5. The van der Waals surface area contributed by atoms with Gasteiger partial charge in [0, 0.05) is 76.2 Å². The Balaban J connectivity index is 0.000000154. The summed E-state index contributed by atoms with van der Waals surface area (Å²) in [5.41, 5.74) is 27.9. The number of nitrogens with one attached hydrogen (secondary N) is 1. The molecular formula is C90H117I3N24O14S4Sn. The number of nitrogens with zero attached hydrogens (tertiary/aromatic N) is 19. The predicted molar refractivity (Wildman–Crippen MR) is 553 cm³/mol. The van der Waals surface area contributed by atoms with Crippen LogP contribution in [0.3, 0.4) is 0 Å². The van der Waals surface area contributed by atoms with Gasteiger partial charge in [-0.2, -0.15) is 0 Å². The molecule has 0 atom stereocenters. The molecule has 8 aromatic heterocycles. The SMILES string of the molecule is CC(C)N(CCCn1c(Sc2cc3c(c[c]2[Sn]([CH3])([CH3])[CH3])OCO3)nc2c(N)ncnc21)C(=O)OC(C)(C)C.CC(C)N(CCCn1c(Sc2cc3c(cc2I)OCO3)nc2c(N)ncnc21)C(=O)OC(C)(C)C.CC(C)N(CCCn1c(Sc2cc3c(cc2[124I])OCO3)nc2c(N)ncnc21)C(=O)OC(C)(C)C.CC(C)NCCCn1c(Sc2cc3c(cc2I)OCO3)nc2c(N)ncnc21. The molecule has 0 aliphatic carbocycles. The molecule has 12 aromatic rings. The Labute approximate surface area is 851 Å². The summed E-state index contributed by atoms with van der Waals surface area (Å²) in [5, 5.41) is 6.52. The van der Waals surface area contributed by atoms with Crippen LogP contribution in [0.2, 0.25) is 14.8 Å². The summed E-state index contributed by atoms with van der Waals surface area (Å²) in [7, 11) is 0. The van der Waals surface area contributed by atoms with Gasteiger partial charge in [0.2, 0.25) is 20.4 Å². The van der Waals surface area contributed by atoms with Gasteiger partial charge in [0.15, 0.2) is 101 Å². The number of rotatable bonds is 29. The summed E-state index contributed by atoms with van der Waals surface area (Å²) in [5.74, 6) is 7.36. The first-order chi connectivity index (χ1) is 64.3. The number of halogens is 3. The first kappa shape index (κ1) is 104. The van der Waals surface area contributed by atoms with Crippen LogP contribution in [0.1, 0.15) is 143 Å². The molecule has 136 heavy (non-hydrogen) atoms. The first-order valence-corrected chi connectivity index (χ1v) is 60.8. The standard InChI is InChI=1S/2C23H29IN6O4S.C23H29N6O4S.C18H21IN6O2S.3CH3.Sn/c2*1-13(2)29(22(31)34-23(3,4)5)7-6-8-30-20-18(19(25)26-11-27-20)28-21(30)35-17-10-16-15(9-14(17)24)32-12-33-16;1-14(2)28(22(30)33-23(3,4)5)9-6-10-29-20-18(19(24)25-12-26-20)27-21(29)34-15-7-8-16-17(11-15)32-13-31-16;1-10(2)21-4-3-5-25-17-15(16(20)22-8-23-17)24-18(25)28-14-7-13-12(6-11(14)19)26-9-27-13;;;;/h2*9-11,13H,6-8,12H2,1-5H3,(H2,25,26,27);8,11-12,14H,6,9-10,13H2,1-5H3,(H2,24,25,26);6-8,10,21H,3-5,9H2,1-2H3,(H2,20,22,23);3*1H3;/i24-3;;;;;;;. The van der Waals surface area contributed by atoms with Crippen LogP contribution in [0.5, 0.6) is 46.0 Å². The van der Waals surface area contributed by atoms with Gasteiger partial charge in [0.1, 0.15) is 30.2 Å². The van der Waals surface area contributed by atoms with Crippen molar-refractivity contribution in [1.82, 2.24) is 98.1 Å². The average molecular weight is 2380 g/mol. The second-order valence-corrected chi connectivity index (χ2v) is 58.9. The van der Waals surface area contributed by atoms with E-state index in [0.717, 1.165) is 111 Å². The van der Waals surface area contributed by atoms with E-state index in [4.69, 9.17) is 95.0 Å². The van der Waals surface area contributed by atoms with E-state index in [1.54, 1.807) is 38.2 Å². The Kier molecular flexibility index (Phi) is 34.5. The van der Waals surface area contributed by atoms with Crippen molar-refractivity contribution >= 4 is 223 Å². The number of aromatic nitrogens is 16. The molecule has 12 heterocycles. The van der Waals surface area contributed by atoms with E-state index >= 15 is 0 Å². The van der Waals surface area contributed by atoms with Crippen molar-refractivity contribution in [3.63, 3.8) is 0 Å². The summed E-state index contributed by atoms with van der Waals surface area (Å²) in [4.78, 5) is 108. The number of hydrogen-bond acceptors (Lipinski definition) is 35. The minimum absolute atomic E-state index is 0.00593. The van der Waals surface area contributed by atoms with Gasteiger partial charge in [0.25, 0.3) is 0 Å². The third-order valence-electron chi connectivity index (χ3n) is 20.7. The van der Waals surface area contributed by atoms with Crippen molar-refractivity contribution in [1.29, 1.82) is 0 Å². The maximum atomic E-state index is 12.8. The second-order valence-electron chi connectivity index (χ2n) is 37.0. The van der Waals surface area contributed by atoms with Gasteiger partial charge < -0.3 is 83.9 Å². The zero-order chi connectivity index (χ0) is 98.2. The number of imidazole rings is 4. The van der Waals surface area contributed by atoms with Gasteiger partial charge >= 0.3 is 225 Å². The Hall–Kier alpha value is -9.16. The van der Waals surface area contributed by atoms with Gasteiger partial charge in [-0.25, -0.2) is 54.4 Å². The van der Waals surface area contributed by atoms with E-state index in [-0.39, 0.29) is 63.6 Å². The monoisotopic (exact) mass is 2380 g/mol. The second kappa shape index (κ2) is 45.0. The van der Waals surface area contributed by atoms with Gasteiger partial charge in [-0.15, -0.1) is 0 Å². The smallest absolute Gasteiger partial charge is 0.454 e. The number of carbonyl (C=O) groups excluding carboxylic acids is 3. The molecule has 0 fully saturated rings. The van der Waals surface area contributed by atoms with E-state index < -0.39 is 35.2 Å². The zero-order valence-corrected chi connectivity index (χ0v) is 92.4. The number of ether oxygens (including phenoxy) is 11. The van der Waals surface area contributed by atoms with Crippen molar-refractivity contribution in [2.24, 2.45) is 0 Å². The fourth-order valence-corrected chi connectivity index (χ4v) is 26.8. The Morgan fingerprint density at radius 2 is 0.676 bits per heavy atom. The number of aryl methyl sites for hydroxylation is 4. The molecule has 4 aliphatic heterocycles. The van der Waals surface area contributed by atoms with Crippen LogP contribution in [0, 0.1) is 10.7 Å². The van der Waals surface area contributed by atoms with Crippen LogP contribution < -0.4 is 69.7 Å². The van der Waals surface area contributed by atoms with Gasteiger partial charge in [0.05, 0.1) is 0 Å². The van der Waals surface area contributed by atoms with E-state index in [0.29, 0.717) is 138 Å². The van der Waals surface area contributed by atoms with Crippen molar-refractivity contribution < 1.29 is 66.5 Å². The van der Waals surface area contributed by atoms with Crippen molar-refractivity contribution in [2.45, 2.75) is 266 Å². The molecule has 4 aliphatic rings. The maximum absolute atomic E-state index is 12.8. The summed E-state index contributed by atoms with van der Waals surface area (Å²) in [6, 6.07) is 16.5. The van der Waals surface area contributed by atoms with E-state index in [9.17, 15) is 14.4 Å². The van der Waals surface area contributed by atoms with Crippen LogP contribution >= 0.6 is 115 Å². The Bertz CT molecular complexity index is 6130. The topological polar surface area (TPSA) is 453 Å². The number of fused-ring (bicyclic) bond motifs is 8. The third kappa shape index (κ3) is 26.5. The van der Waals surface area contributed by atoms with Crippen LogP contribution in [0.15, 0.2) is 114 Å². The summed E-state index contributed by atoms with van der Waals surface area (Å²) in [6.07, 6.45) is 7.88. The van der Waals surface area contributed by atoms with Gasteiger partial charge in [-0.3, -0.25) is 0 Å². The molecule has 0 spiro atoms. The fraction of sp³-hybridized carbons (Fsp3) is 0.478. The molecule has 0 saturated heterocycles. The predicted octanol–water partition coefficient (Wildman–Crippen LogP) is 18.0. The molecular weight excluding hydrogens is 2270 g/mol. The molecule has 46 heteroatoms. The number of nitrogen functional groups attached to an aromatic ring is 4. The number of carbonyl (C=O) groups is 3. The number of benzene rings is 4. The average Bonchev–Trinajstić information content (AvgIpc) is 1.61. The number of nitrogens with two attached hydrogens (primary N) is 4. The molecule has 16 rings (SSSR count). The molecule has 4 aromatic carbocycles. The normalized spacial score (nSPS) is 13.1. The molecule has 730 valence electrons. The van der Waals surface area contributed by atoms with Crippen LogP contribution in [-0.4, -0.2) is 224 Å². The van der Waals surface area contributed by atoms with Crippen LogP contribution in [0.4, 0.5) is 37.7 Å². The summed E-state index contributed by atoms with van der Waals surface area (Å²) in [6.45, 7) is 39.0. The molecule has 0 unspecified atom stereocenters. The number of anilines is 4. The molecule has 3 amide bonds. The fourth-order valence-electron chi connectivity index (χ4n) is 14.2.